The van der Waals surface area contributed by atoms with Crippen molar-refractivity contribution < 1.29 is 48.9 Å². The molecule has 1 unspecified atom stereocenters. The van der Waals surface area contributed by atoms with E-state index in [4.69, 9.17) is 9.52 Å². The standard InChI is InChI=1S/C26H22F8N4O3S/c1-12-10-16(24(8-5-9-24)26(32,33)34)18(27)19(28)20(12)41-23-17(13(2)21(37-38-23)25(29,30)31)22(39)36-14-6-4-7-15(11-14)42(3,35)40/h4,6-7,10-11,35H,5,8-9H2,1-3H3,(H,36,39). The van der Waals surface area contributed by atoms with E-state index in [2.05, 4.69) is 15.5 Å². The number of carbonyl (C=O) groups excluding carboxylic acids is 1. The van der Waals surface area contributed by atoms with E-state index in [1.807, 2.05) is 0 Å². The van der Waals surface area contributed by atoms with Gasteiger partial charge in [-0.3, -0.25) is 4.79 Å². The predicted octanol–water partition coefficient (Wildman–Crippen LogP) is 7.45. The number of nitrogens with zero attached hydrogens (tertiary/aromatic N) is 2. The van der Waals surface area contributed by atoms with Crippen LogP contribution in [0.25, 0.3) is 0 Å². The van der Waals surface area contributed by atoms with Crippen LogP contribution in [0.5, 0.6) is 11.6 Å². The molecule has 1 heterocycles. The summed E-state index contributed by atoms with van der Waals surface area (Å²) in [6, 6.07) is 5.85. The molecule has 1 amide bonds. The minimum Gasteiger partial charge on any atom is -0.433 e. The summed E-state index contributed by atoms with van der Waals surface area (Å²) in [5.74, 6) is -6.97. The Morgan fingerprint density at radius 2 is 1.69 bits per heavy atom. The number of hydrogen-bond donors (Lipinski definition) is 2. The van der Waals surface area contributed by atoms with Crippen molar-refractivity contribution in [1.29, 1.82) is 4.78 Å². The average Bonchev–Trinajstić information content (AvgIpc) is 2.82. The van der Waals surface area contributed by atoms with Crippen LogP contribution in [0.15, 0.2) is 35.2 Å². The van der Waals surface area contributed by atoms with E-state index in [-0.39, 0.29) is 22.6 Å². The third kappa shape index (κ3) is 5.51. The molecule has 1 fully saturated rings. The number of aryl methyl sites for hydroxylation is 1. The van der Waals surface area contributed by atoms with Gasteiger partial charge in [0, 0.05) is 22.4 Å². The third-order valence-electron chi connectivity index (χ3n) is 7.03. The minimum absolute atomic E-state index is 0.00585. The molecule has 16 heteroatoms. The van der Waals surface area contributed by atoms with Crippen molar-refractivity contribution in [3.8, 4) is 11.6 Å². The molecular weight excluding hydrogens is 600 g/mol. The van der Waals surface area contributed by atoms with Gasteiger partial charge < -0.3 is 10.1 Å². The summed E-state index contributed by atoms with van der Waals surface area (Å²) in [7, 11) is -3.24. The van der Waals surface area contributed by atoms with Crippen molar-refractivity contribution in [1.82, 2.24) is 10.2 Å². The molecule has 1 atom stereocenters. The number of rotatable bonds is 6. The topological polar surface area (TPSA) is 105 Å². The maximum absolute atomic E-state index is 15.3. The predicted molar refractivity (Wildman–Crippen MR) is 134 cm³/mol. The summed E-state index contributed by atoms with van der Waals surface area (Å²) in [5.41, 5.74) is -7.24. The molecule has 2 N–H and O–H groups in total. The van der Waals surface area contributed by atoms with Gasteiger partial charge in [-0.2, -0.15) is 30.7 Å². The van der Waals surface area contributed by atoms with Gasteiger partial charge in [-0.15, -0.1) is 10.2 Å². The molecule has 2 aromatic carbocycles. The number of aromatic nitrogens is 2. The molecule has 0 saturated heterocycles. The number of carbonyl (C=O) groups is 1. The fourth-order valence-corrected chi connectivity index (χ4v) is 5.35. The van der Waals surface area contributed by atoms with Crippen LogP contribution in [0.3, 0.4) is 0 Å². The molecule has 1 aliphatic rings. The number of ether oxygens (including phenoxy) is 1. The lowest BCUT2D eigenvalue weighted by Crippen LogP contribution is -2.48. The molecule has 226 valence electrons. The summed E-state index contributed by atoms with van der Waals surface area (Å²) in [6.45, 7) is 1.96. The summed E-state index contributed by atoms with van der Waals surface area (Å²) in [5, 5.41) is 8.56. The quantitative estimate of drug-likeness (QED) is 0.278. The van der Waals surface area contributed by atoms with Crippen LogP contribution in [-0.2, 0) is 21.3 Å². The second-order valence-corrected chi connectivity index (χ2v) is 12.1. The zero-order chi connectivity index (χ0) is 31.4. The average molecular weight is 623 g/mol. The first-order valence-corrected chi connectivity index (χ1v) is 14.1. The van der Waals surface area contributed by atoms with Crippen LogP contribution >= 0.6 is 0 Å². The lowest BCUT2D eigenvalue weighted by Gasteiger charge is -2.43. The van der Waals surface area contributed by atoms with E-state index >= 15 is 8.78 Å². The maximum Gasteiger partial charge on any atom is 0.435 e. The molecule has 42 heavy (non-hydrogen) atoms. The van der Waals surface area contributed by atoms with E-state index < -0.39 is 91.9 Å². The Morgan fingerprint density at radius 3 is 2.21 bits per heavy atom. The van der Waals surface area contributed by atoms with Crippen LogP contribution in [-0.4, -0.2) is 32.7 Å². The van der Waals surface area contributed by atoms with Gasteiger partial charge in [-0.25, -0.2) is 13.4 Å². The maximum atomic E-state index is 15.3. The SMILES string of the molecule is Cc1cc(C2(C(F)(F)F)CCC2)c(F)c(F)c1Oc1nnc(C(F)(F)F)c(C)c1C(=O)Nc1cccc(S(C)(=N)=O)c1. The number of hydrogen-bond acceptors (Lipinski definition) is 6. The Hall–Kier alpha value is -3.82. The largest absolute Gasteiger partial charge is 0.435 e. The van der Waals surface area contributed by atoms with Crippen LogP contribution in [0.4, 0.5) is 40.8 Å². The Bertz CT molecular complexity index is 1680. The van der Waals surface area contributed by atoms with Crippen molar-refractivity contribution in [2.24, 2.45) is 0 Å². The molecule has 0 aliphatic heterocycles. The molecule has 4 rings (SSSR count). The number of anilines is 1. The summed E-state index contributed by atoms with van der Waals surface area (Å²) in [6.07, 6.45) is -9.65. The van der Waals surface area contributed by atoms with Gasteiger partial charge in [0.2, 0.25) is 5.82 Å². The Labute approximate surface area is 234 Å². The second-order valence-electron chi connectivity index (χ2n) is 9.91. The first-order chi connectivity index (χ1) is 19.3. The molecule has 0 spiro atoms. The van der Waals surface area contributed by atoms with E-state index in [9.17, 15) is 35.3 Å². The lowest BCUT2D eigenvalue weighted by molar-refractivity contribution is -0.213. The zero-order valence-electron chi connectivity index (χ0n) is 22.1. The molecule has 1 saturated carbocycles. The highest BCUT2D eigenvalue weighted by molar-refractivity contribution is 7.91. The first kappa shape index (κ1) is 31.1. The van der Waals surface area contributed by atoms with Gasteiger partial charge in [0.1, 0.15) is 5.56 Å². The Kier molecular flexibility index (Phi) is 7.76. The minimum atomic E-state index is -5.09. The van der Waals surface area contributed by atoms with E-state index in [0.717, 1.165) is 32.2 Å². The van der Waals surface area contributed by atoms with Crippen molar-refractivity contribution in [2.75, 3.05) is 11.6 Å². The molecule has 1 aromatic heterocycles. The fourth-order valence-electron chi connectivity index (χ4n) is 4.66. The number of nitrogens with one attached hydrogen (secondary N) is 2. The van der Waals surface area contributed by atoms with Crippen LogP contribution < -0.4 is 10.1 Å². The fraction of sp³-hybridized carbons (Fsp3) is 0.346. The third-order valence-corrected chi connectivity index (χ3v) is 8.19. The van der Waals surface area contributed by atoms with Gasteiger partial charge in [0.25, 0.3) is 11.8 Å². The smallest absolute Gasteiger partial charge is 0.433 e. The van der Waals surface area contributed by atoms with Crippen LogP contribution in [0.2, 0.25) is 0 Å². The highest BCUT2D eigenvalue weighted by atomic mass is 32.2. The lowest BCUT2D eigenvalue weighted by atomic mass is 9.63. The molecular formula is C26H22F8N4O3S. The van der Waals surface area contributed by atoms with Crippen molar-refractivity contribution in [3.63, 3.8) is 0 Å². The van der Waals surface area contributed by atoms with Gasteiger partial charge in [-0.05, 0) is 62.1 Å². The molecule has 0 radical (unpaired) electrons. The summed E-state index contributed by atoms with van der Waals surface area (Å²) in [4.78, 5) is 13.2. The Balaban J connectivity index is 1.81. The van der Waals surface area contributed by atoms with Crippen LogP contribution in [0, 0.1) is 30.3 Å². The first-order valence-electron chi connectivity index (χ1n) is 12.1. The second kappa shape index (κ2) is 10.5. The van der Waals surface area contributed by atoms with Gasteiger partial charge in [0.15, 0.2) is 17.3 Å². The van der Waals surface area contributed by atoms with Crippen molar-refractivity contribution in [3.05, 3.63) is 69.9 Å². The van der Waals surface area contributed by atoms with Crippen LogP contribution in [0.1, 0.15) is 52.0 Å². The number of halogens is 8. The highest BCUT2D eigenvalue weighted by Crippen LogP contribution is 2.56. The number of benzene rings is 2. The van der Waals surface area contributed by atoms with Crippen molar-refractivity contribution >= 4 is 21.3 Å². The monoisotopic (exact) mass is 622 g/mol. The highest BCUT2D eigenvalue weighted by Gasteiger charge is 2.60. The van der Waals surface area contributed by atoms with Crippen molar-refractivity contribution in [2.45, 2.75) is 55.8 Å². The summed E-state index contributed by atoms with van der Waals surface area (Å²) >= 11 is 0. The van der Waals surface area contributed by atoms with Gasteiger partial charge in [0.05, 0.1) is 15.1 Å². The Morgan fingerprint density at radius 1 is 1.05 bits per heavy atom. The molecule has 1 aliphatic carbocycles. The number of alkyl halides is 6. The van der Waals surface area contributed by atoms with Gasteiger partial charge >= 0.3 is 12.4 Å². The molecule has 7 nitrogen and oxygen atoms in total. The summed E-state index contributed by atoms with van der Waals surface area (Å²) < 4.78 is 138. The van der Waals surface area contributed by atoms with E-state index in [1.54, 1.807) is 0 Å². The van der Waals surface area contributed by atoms with E-state index in [1.165, 1.54) is 18.2 Å². The molecule has 0 bridgehead atoms. The van der Waals surface area contributed by atoms with Gasteiger partial charge in [-0.1, -0.05) is 12.5 Å². The van der Waals surface area contributed by atoms with E-state index in [0.29, 0.717) is 0 Å². The number of amides is 1. The zero-order valence-corrected chi connectivity index (χ0v) is 22.9. The normalized spacial score (nSPS) is 16.4. The molecule has 3 aromatic rings.